The Morgan fingerprint density at radius 3 is 2.87 bits per heavy atom. The molecule has 3 N–H and O–H groups in total. The van der Waals surface area contributed by atoms with Gasteiger partial charge in [0.15, 0.2) is 0 Å². The van der Waals surface area contributed by atoms with Crippen molar-refractivity contribution in [2.75, 3.05) is 7.11 Å². The monoisotopic (exact) mass is 212 g/mol. The van der Waals surface area contributed by atoms with Gasteiger partial charge in [-0.2, -0.15) is 0 Å². The summed E-state index contributed by atoms with van der Waals surface area (Å²) in [6.07, 6.45) is 9.81. The molecule has 0 fully saturated rings. The van der Waals surface area contributed by atoms with E-state index in [1.165, 1.54) is 31.3 Å². The minimum atomic E-state index is 0.193. The predicted octanol–water partition coefficient (Wildman–Crippen LogP) is 2.13. The SMILES string of the molecule is CCC(OC)C(NN)C1=CCCCCC1. The third-order valence-corrected chi connectivity index (χ3v) is 3.23. The Morgan fingerprint density at radius 2 is 2.27 bits per heavy atom. The van der Waals surface area contributed by atoms with Crippen molar-refractivity contribution in [3.63, 3.8) is 0 Å². The van der Waals surface area contributed by atoms with Crippen LogP contribution in [0.4, 0.5) is 0 Å². The number of hydrazine groups is 1. The highest BCUT2D eigenvalue weighted by Crippen LogP contribution is 2.22. The summed E-state index contributed by atoms with van der Waals surface area (Å²) in [5, 5.41) is 0. The van der Waals surface area contributed by atoms with Gasteiger partial charge in [-0.15, -0.1) is 0 Å². The van der Waals surface area contributed by atoms with E-state index in [1.54, 1.807) is 7.11 Å². The van der Waals surface area contributed by atoms with Crippen LogP contribution in [0.3, 0.4) is 0 Å². The van der Waals surface area contributed by atoms with Crippen LogP contribution < -0.4 is 11.3 Å². The van der Waals surface area contributed by atoms with Crippen LogP contribution in [-0.2, 0) is 4.74 Å². The molecule has 0 aromatic rings. The Hall–Kier alpha value is -0.380. The molecule has 1 rings (SSSR count). The van der Waals surface area contributed by atoms with Crippen molar-refractivity contribution in [1.82, 2.24) is 5.43 Å². The maximum Gasteiger partial charge on any atom is 0.0773 e. The van der Waals surface area contributed by atoms with Gasteiger partial charge < -0.3 is 4.74 Å². The van der Waals surface area contributed by atoms with E-state index < -0.39 is 0 Å². The average Bonchev–Trinajstić information content (AvgIpc) is 2.54. The normalized spacial score (nSPS) is 21.7. The lowest BCUT2D eigenvalue weighted by atomic mass is 9.96. The molecule has 2 unspecified atom stereocenters. The lowest BCUT2D eigenvalue weighted by Gasteiger charge is -2.26. The van der Waals surface area contributed by atoms with Crippen LogP contribution in [0.2, 0.25) is 0 Å². The van der Waals surface area contributed by atoms with Crippen molar-refractivity contribution in [2.45, 2.75) is 57.6 Å². The Bertz CT molecular complexity index is 200. The van der Waals surface area contributed by atoms with E-state index in [0.29, 0.717) is 0 Å². The van der Waals surface area contributed by atoms with Crippen LogP contribution in [0, 0.1) is 0 Å². The molecule has 0 aromatic heterocycles. The summed E-state index contributed by atoms with van der Waals surface area (Å²) in [4.78, 5) is 0. The Labute approximate surface area is 93.0 Å². The molecule has 0 heterocycles. The van der Waals surface area contributed by atoms with Crippen molar-refractivity contribution >= 4 is 0 Å². The zero-order valence-electron chi connectivity index (χ0n) is 9.96. The van der Waals surface area contributed by atoms with Crippen LogP contribution >= 0.6 is 0 Å². The summed E-state index contributed by atoms with van der Waals surface area (Å²) >= 11 is 0. The maximum absolute atomic E-state index is 5.64. The first-order chi connectivity index (χ1) is 7.33. The van der Waals surface area contributed by atoms with Crippen LogP contribution in [-0.4, -0.2) is 19.3 Å². The second-order valence-electron chi connectivity index (χ2n) is 4.21. The van der Waals surface area contributed by atoms with Gasteiger partial charge in [0.1, 0.15) is 0 Å². The molecular formula is C12H24N2O. The molecule has 0 saturated heterocycles. The molecule has 3 nitrogen and oxygen atoms in total. The number of nitrogens with one attached hydrogen (secondary N) is 1. The van der Waals surface area contributed by atoms with Crippen molar-refractivity contribution in [1.29, 1.82) is 0 Å². The highest BCUT2D eigenvalue weighted by Gasteiger charge is 2.22. The third kappa shape index (κ3) is 3.59. The van der Waals surface area contributed by atoms with Crippen molar-refractivity contribution in [3.8, 4) is 0 Å². The predicted molar refractivity (Wildman–Crippen MR) is 63.4 cm³/mol. The van der Waals surface area contributed by atoms with Gasteiger partial charge in [0, 0.05) is 7.11 Å². The summed E-state index contributed by atoms with van der Waals surface area (Å²) < 4.78 is 5.46. The van der Waals surface area contributed by atoms with Crippen molar-refractivity contribution in [2.24, 2.45) is 5.84 Å². The summed E-state index contributed by atoms with van der Waals surface area (Å²) in [6, 6.07) is 0.193. The van der Waals surface area contributed by atoms with Gasteiger partial charge in [0.25, 0.3) is 0 Å². The first-order valence-corrected chi connectivity index (χ1v) is 6.01. The van der Waals surface area contributed by atoms with Gasteiger partial charge in [0.2, 0.25) is 0 Å². The Balaban J connectivity index is 2.66. The zero-order chi connectivity index (χ0) is 11.1. The molecule has 1 aliphatic rings. The number of allylic oxidation sites excluding steroid dienone is 1. The molecule has 1 aliphatic carbocycles. The molecule has 0 radical (unpaired) electrons. The van der Waals surface area contributed by atoms with E-state index in [0.717, 1.165) is 12.8 Å². The maximum atomic E-state index is 5.64. The average molecular weight is 212 g/mol. The molecule has 3 heteroatoms. The fourth-order valence-corrected chi connectivity index (χ4v) is 2.31. The number of hydrogen-bond donors (Lipinski definition) is 2. The van der Waals surface area contributed by atoms with E-state index in [2.05, 4.69) is 18.4 Å². The highest BCUT2D eigenvalue weighted by atomic mass is 16.5. The van der Waals surface area contributed by atoms with Crippen molar-refractivity contribution < 1.29 is 4.74 Å². The second kappa shape index (κ2) is 6.99. The lowest BCUT2D eigenvalue weighted by Crippen LogP contribution is -2.45. The van der Waals surface area contributed by atoms with E-state index in [9.17, 15) is 0 Å². The first kappa shape index (κ1) is 12.7. The van der Waals surface area contributed by atoms with Crippen molar-refractivity contribution in [3.05, 3.63) is 11.6 Å². The third-order valence-electron chi connectivity index (χ3n) is 3.23. The zero-order valence-corrected chi connectivity index (χ0v) is 9.96. The summed E-state index contributed by atoms with van der Waals surface area (Å²) in [5.41, 5.74) is 4.34. The fraction of sp³-hybridized carbons (Fsp3) is 0.833. The van der Waals surface area contributed by atoms with E-state index in [-0.39, 0.29) is 12.1 Å². The van der Waals surface area contributed by atoms with Gasteiger partial charge in [0.05, 0.1) is 12.1 Å². The van der Waals surface area contributed by atoms with Crippen LogP contribution in [0.1, 0.15) is 45.4 Å². The quantitative estimate of drug-likeness (QED) is 0.417. The number of rotatable bonds is 5. The summed E-state index contributed by atoms with van der Waals surface area (Å²) in [6.45, 7) is 2.13. The molecule has 0 spiro atoms. The van der Waals surface area contributed by atoms with E-state index >= 15 is 0 Å². The molecular weight excluding hydrogens is 188 g/mol. The Morgan fingerprint density at radius 1 is 1.47 bits per heavy atom. The molecule has 0 saturated carbocycles. The van der Waals surface area contributed by atoms with Gasteiger partial charge in [-0.1, -0.05) is 25.0 Å². The lowest BCUT2D eigenvalue weighted by molar-refractivity contribution is 0.0748. The largest absolute Gasteiger partial charge is 0.379 e. The van der Waals surface area contributed by atoms with E-state index in [4.69, 9.17) is 10.6 Å². The molecule has 15 heavy (non-hydrogen) atoms. The van der Waals surface area contributed by atoms with Gasteiger partial charge >= 0.3 is 0 Å². The first-order valence-electron chi connectivity index (χ1n) is 6.01. The number of hydrogen-bond acceptors (Lipinski definition) is 3. The smallest absolute Gasteiger partial charge is 0.0773 e. The number of nitrogens with two attached hydrogens (primary N) is 1. The number of methoxy groups -OCH3 is 1. The summed E-state index contributed by atoms with van der Waals surface area (Å²) in [5.74, 6) is 5.64. The standard InChI is InChI=1S/C12H24N2O/c1-3-11(15-2)12(14-13)10-8-6-4-5-7-9-10/h8,11-12,14H,3-7,9,13H2,1-2H3. The molecule has 0 aromatic carbocycles. The topological polar surface area (TPSA) is 47.3 Å². The molecule has 88 valence electrons. The molecule has 2 atom stereocenters. The van der Waals surface area contributed by atoms with Gasteiger partial charge in [-0.3, -0.25) is 11.3 Å². The van der Waals surface area contributed by atoms with Gasteiger partial charge in [-0.25, -0.2) is 0 Å². The van der Waals surface area contributed by atoms with Crippen LogP contribution in [0.15, 0.2) is 11.6 Å². The molecule has 0 amide bonds. The van der Waals surface area contributed by atoms with E-state index in [1.807, 2.05) is 0 Å². The minimum Gasteiger partial charge on any atom is -0.379 e. The molecule has 0 bridgehead atoms. The fourth-order valence-electron chi connectivity index (χ4n) is 2.31. The Kier molecular flexibility index (Phi) is 5.91. The van der Waals surface area contributed by atoms with Crippen LogP contribution in [0.25, 0.3) is 0 Å². The molecule has 0 aliphatic heterocycles. The summed E-state index contributed by atoms with van der Waals surface area (Å²) in [7, 11) is 1.76. The van der Waals surface area contributed by atoms with Gasteiger partial charge in [-0.05, 0) is 32.1 Å². The highest BCUT2D eigenvalue weighted by molar-refractivity contribution is 5.14. The second-order valence-corrected chi connectivity index (χ2v) is 4.21. The minimum absolute atomic E-state index is 0.193. The van der Waals surface area contributed by atoms with Crippen LogP contribution in [0.5, 0.6) is 0 Å². The number of ether oxygens (including phenoxy) is 1.